The summed E-state index contributed by atoms with van der Waals surface area (Å²) in [5.41, 5.74) is 4.22. The Morgan fingerprint density at radius 2 is 2.04 bits per heavy atom. The van der Waals surface area contributed by atoms with E-state index < -0.39 is 0 Å². The van der Waals surface area contributed by atoms with Gasteiger partial charge in [0.15, 0.2) is 5.82 Å². The van der Waals surface area contributed by atoms with Gasteiger partial charge in [0.2, 0.25) is 5.91 Å². The van der Waals surface area contributed by atoms with Gasteiger partial charge < -0.3 is 5.32 Å². The average Bonchev–Trinajstić information content (AvgIpc) is 3.13. The van der Waals surface area contributed by atoms with Crippen molar-refractivity contribution in [2.45, 2.75) is 19.3 Å². The van der Waals surface area contributed by atoms with Gasteiger partial charge in [-0.1, -0.05) is 23.7 Å². The number of amides is 1. The standard InChI is InChI=1S/C17H14ClN3OS/c1-9-6-7-23-16(9)12-8-13(22)19-17-14(12)15(20-21-17)10-2-4-11(18)5-3-10/h2-7,12H,8H2,1H3,(H2,19,20,21,22)/t12-/m1/s1. The van der Waals surface area contributed by atoms with Crippen molar-refractivity contribution in [2.24, 2.45) is 0 Å². The van der Waals surface area contributed by atoms with E-state index in [9.17, 15) is 4.79 Å². The Bertz CT molecular complexity index is 882. The fourth-order valence-electron chi connectivity index (χ4n) is 3.06. The molecule has 1 amide bonds. The van der Waals surface area contributed by atoms with Crippen LogP contribution in [0.25, 0.3) is 11.3 Å². The fourth-order valence-corrected chi connectivity index (χ4v) is 4.22. The Kier molecular flexibility index (Phi) is 3.47. The number of rotatable bonds is 2. The van der Waals surface area contributed by atoms with Gasteiger partial charge in [-0.2, -0.15) is 5.10 Å². The maximum absolute atomic E-state index is 12.1. The molecule has 3 heterocycles. The summed E-state index contributed by atoms with van der Waals surface area (Å²) in [6.07, 6.45) is 0.439. The number of aromatic nitrogens is 2. The zero-order valence-corrected chi connectivity index (χ0v) is 14.0. The Balaban J connectivity index is 1.88. The van der Waals surface area contributed by atoms with E-state index in [1.165, 1.54) is 10.4 Å². The van der Waals surface area contributed by atoms with Crippen molar-refractivity contribution in [3.63, 3.8) is 0 Å². The van der Waals surface area contributed by atoms with Gasteiger partial charge in [-0.3, -0.25) is 9.89 Å². The van der Waals surface area contributed by atoms with Gasteiger partial charge in [-0.25, -0.2) is 0 Å². The molecule has 0 aliphatic carbocycles. The van der Waals surface area contributed by atoms with E-state index in [-0.39, 0.29) is 11.8 Å². The van der Waals surface area contributed by atoms with E-state index in [1.54, 1.807) is 11.3 Å². The minimum absolute atomic E-state index is 0.00413. The van der Waals surface area contributed by atoms with Crippen LogP contribution in [0.3, 0.4) is 0 Å². The topological polar surface area (TPSA) is 57.8 Å². The number of aromatic amines is 1. The van der Waals surface area contributed by atoms with Crippen molar-refractivity contribution in [3.05, 3.63) is 56.7 Å². The summed E-state index contributed by atoms with van der Waals surface area (Å²) in [4.78, 5) is 13.3. The first-order valence-electron chi connectivity index (χ1n) is 7.31. The molecule has 1 atom stereocenters. The van der Waals surface area contributed by atoms with Crippen molar-refractivity contribution in [3.8, 4) is 11.3 Å². The number of nitrogens with one attached hydrogen (secondary N) is 2. The molecule has 0 unspecified atom stereocenters. The molecule has 3 aromatic rings. The smallest absolute Gasteiger partial charge is 0.226 e. The third-order valence-electron chi connectivity index (χ3n) is 4.15. The van der Waals surface area contributed by atoms with Gasteiger partial charge in [0, 0.05) is 33.4 Å². The number of carbonyl (C=O) groups is 1. The molecule has 0 saturated carbocycles. The highest BCUT2D eigenvalue weighted by atomic mass is 35.5. The number of benzene rings is 1. The zero-order valence-electron chi connectivity index (χ0n) is 12.4. The Morgan fingerprint density at radius 1 is 1.26 bits per heavy atom. The van der Waals surface area contributed by atoms with Crippen LogP contribution in [0, 0.1) is 6.92 Å². The lowest BCUT2D eigenvalue weighted by Gasteiger charge is -2.23. The van der Waals surface area contributed by atoms with Gasteiger partial charge in [0.1, 0.15) is 0 Å². The lowest BCUT2D eigenvalue weighted by atomic mass is 9.87. The highest BCUT2D eigenvalue weighted by Gasteiger charge is 2.33. The molecule has 0 saturated heterocycles. The monoisotopic (exact) mass is 343 g/mol. The second kappa shape index (κ2) is 5.51. The summed E-state index contributed by atoms with van der Waals surface area (Å²) < 4.78 is 0. The van der Waals surface area contributed by atoms with Crippen LogP contribution in [0.5, 0.6) is 0 Å². The Morgan fingerprint density at radius 3 is 2.74 bits per heavy atom. The van der Waals surface area contributed by atoms with Crippen LogP contribution < -0.4 is 5.32 Å². The molecule has 1 aliphatic heterocycles. The number of thiophene rings is 1. The zero-order chi connectivity index (χ0) is 16.0. The summed E-state index contributed by atoms with van der Waals surface area (Å²) in [5.74, 6) is 0.664. The second-order valence-electron chi connectivity index (χ2n) is 5.64. The fraction of sp³-hybridized carbons (Fsp3) is 0.176. The van der Waals surface area contributed by atoms with Crippen molar-refractivity contribution in [1.29, 1.82) is 0 Å². The first kappa shape index (κ1) is 14.5. The number of carbonyl (C=O) groups excluding carboxylic acids is 1. The van der Waals surface area contributed by atoms with Crippen LogP contribution in [0.4, 0.5) is 5.82 Å². The van der Waals surface area contributed by atoms with Crippen LogP contribution in [0.2, 0.25) is 5.02 Å². The van der Waals surface area contributed by atoms with Crippen molar-refractivity contribution in [1.82, 2.24) is 10.2 Å². The van der Waals surface area contributed by atoms with Gasteiger partial charge in [-0.15, -0.1) is 11.3 Å². The number of anilines is 1. The number of halogens is 1. The molecule has 1 aliphatic rings. The van der Waals surface area contributed by atoms with Crippen molar-refractivity contribution >= 4 is 34.7 Å². The summed E-state index contributed by atoms with van der Waals surface area (Å²) in [6.45, 7) is 2.08. The maximum Gasteiger partial charge on any atom is 0.226 e. The number of H-pyrrole nitrogens is 1. The molecule has 116 valence electrons. The first-order chi connectivity index (χ1) is 11.1. The van der Waals surface area contributed by atoms with Crippen LogP contribution in [0.1, 0.15) is 28.3 Å². The predicted octanol–water partition coefficient (Wildman–Crippen LogP) is 4.57. The summed E-state index contributed by atoms with van der Waals surface area (Å²) in [6, 6.07) is 9.73. The van der Waals surface area contributed by atoms with E-state index in [0.717, 1.165) is 16.8 Å². The maximum atomic E-state index is 12.1. The van der Waals surface area contributed by atoms with E-state index in [2.05, 4.69) is 33.9 Å². The highest BCUT2D eigenvalue weighted by Crippen LogP contribution is 2.44. The third kappa shape index (κ3) is 2.46. The number of nitrogens with zero attached hydrogens (tertiary/aromatic N) is 1. The number of hydrogen-bond acceptors (Lipinski definition) is 3. The van der Waals surface area contributed by atoms with Crippen LogP contribution in [-0.2, 0) is 4.79 Å². The quantitative estimate of drug-likeness (QED) is 0.715. The van der Waals surface area contributed by atoms with E-state index >= 15 is 0 Å². The third-order valence-corrected chi connectivity index (χ3v) is 5.54. The lowest BCUT2D eigenvalue weighted by molar-refractivity contribution is -0.116. The number of fused-ring (bicyclic) bond motifs is 1. The number of aryl methyl sites for hydroxylation is 1. The molecule has 4 nitrogen and oxygen atoms in total. The molecule has 23 heavy (non-hydrogen) atoms. The second-order valence-corrected chi connectivity index (χ2v) is 7.02. The SMILES string of the molecule is Cc1ccsc1[C@@H]1CC(=O)Nc2n[nH]c(-c3ccc(Cl)cc3)c21. The van der Waals surface area contributed by atoms with Gasteiger partial charge in [-0.05, 0) is 36.1 Å². The van der Waals surface area contributed by atoms with Gasteiger partial charge in [0.25, 0.3) is 0 Å². The molecule has 6 heteroatoms. The molecule has 0 spiro atoms. The summed E-state index contributed by atoms with van der Waals surface area (Å²) in [7, 11) is 0. The molecule has 2 aromatic heterocycles. The predicted molar refractivity (Wildman–Crippen MR) is 93.2 cm³/mol. The van der Waals surface area contributed by atoms with Crippen LogP contribution >= 0.6 is 22.9 Å². The molecule has 2 N–H and O–H groups in total. The van der Waals surface area contributed by atoms with Gasteiger partial charge >= 0.3 is 0 Å². The summed E-state index contributed by atoms with van der Waals surface area (Å²) >= 11 is 7.67. The molecule has 0 fully saturated rings. The van der Waals surface area contributed by atoms with E-state index in [1.807, 2.05) is 24.3 Å². The molecular formula is C17H14ClN3OS. The van der Waals surface area contributed by atoms with Crippen molar-refractivity contribution < 1.29 is 4.79 Å². The van der Waals surface area contributed by atoms with E-state index in [0.29, 0.717) is 17.3 Å². The van der Waals surface area contributed by atoms with Crippen molar-refractivity contribution in [2.75, 3.05) is 5.32 Å². The Hall–Kier alpha value is -2.11. The van der Waals surface area contributed by atoms with E-state index in [4.69, 9.17) is 11.6 Å². The normalized spacial score (nSPS) is 17.0. The largest absolute Gasteiger partial charge is 0.309 e. The summed E-state index contributed by atoms with van der Waals surface area (Å²) in [5, 5.41) is 13.0. The molecular weight excluding hydrogens is 330 g/mol. The Labute approximate surface area is 142 Å². The number of hydrogen-bond donors (Lipinski definition) is 2. The van der Waals surface area contributed by atoms with Crippen LogP contribution in [-0.4, -0.2) is 16.1 Å². The first-order valence-corrected chi connectivity index (χ1v) is 8.57. The molecule has 0 radical (unpaired) electrons. The molecule has 1 aromatic carbocycles. The lowest BCUT2D eigenvalue weighted by Crippen LogP contribution is -2.23. The molecule has 4 rings (SSSR count). The minimum atomic E-state index is 0.00413. The van der Waals surface area contributed by atoms with Crippen LogP contribution in [0.15, 0.2) is 35.7 Å². The molecule has 0 bridgehead atoms. The average molecular weight is 344 g/mol. The minimum Gasteiger partial charge on any atom is -0.309 e. The van der Waals surface area contributed by atoms with Gasteiger partial charge in [0.05, 0.1) is 5.69 Å². The highest BCUT2D eigenvalue weighted by molar-refractivity contribution is 7.10.